The lowest BCUT2D eigenvalue weighted by Gasteiger charge is -2.22. The molecule has 0 aliphatic carbocycles. The summed E-state index contributed by atoms with van der Waals surface area (Å²) in [5, 5.41) is 2.98. The van der Waals surface area contributed by atoms with Crippen LogP contribution in [-0.4, -0.2) is 32.4 Å². The maximum absolute atomic E-state index is 12.0. The van der Waals surface area contributed by atoms with E-state index in [1.165, 1.54) is 5.56 Å². The van der Waals surface area contributed by atoms with Crippen LogP contribution in [0.25, 0.3) is 0 Å². The molecule has 0 aromatic heterocycles. The predicted molar refractivity (Wildman–Crippen MR) is 92.9 cm³/mol. The molecule has 1 atom stereocenters. The molecule has 1 aromatic rings. The summed E-state index contributed by atoms with van der Waals surface area (Å²) in [7, 11) is -2.82. The molecule has 1 aliphatic rings. The first-order valence-electron chi connectivity index (χ1n) is 8.45. The van der Waals surface area contributed by atoms with Crippen LogP contribution in [-0.2, 0) is 21.1 Å². The maximum atomic E-state index is 12.0. The first-order chi connectivity index (χ1) is 10.9. The molecule has 1 aromatic carbocycles. The normalized spacial score (nSPS) is 19.2. The van der Waals surface area contributed by atoms with Crippen LogP contribution in [0, 0.1) is 11.8 Å². The number of nitrogens with one attached hydrogen (secondary N) is 1. The molecule has 4 nitrogen and oxygen atoms in total. The number of carbonyl (C=O) groups is 1. The first-order valence-corrected chi connectivity index (χ1v) is 10.3. The van der Waals surface area contributed by atoms with E-state index in [0.717, 1.165) is 12.8 Å². The van der Waals surface area contributed by atoms with Crippen molar-refractivity contribution < 1.29 is 13.2 Å². The van der Waals surface area contributed by atoms with E-state index in [4.69, 9.17) is 0 Å². The minimum atomic E-state index is -2.82. The Bertz CT molecular complexity index is 584. The van der Waals surface area contributed by atoms with Crippen molar-refractivity contribution in [2.45, 2.75) is 39.0 Å². The molecular weight excluding hydrogens is 310 g/mol. The van der Waals surface area contributed by atoms with Gasteiger partial charge in [0, 0.05) is 13.0 Å². The minimum absolute atomic E-state index is 0.0824. The standard InChI is InChI=1S/C18H27NO3S/c1-15(7-8-16-5-3-2-4-6-16)13-18(20)19-14-17-9-11-23(21,22)12-10-17/h2-6,15,17H,7-14H2,1H3,(H,19,20). The number of rotatable bonds is 7. The van der Waals surface area contributed by atoms with Gasteiger partial charge in [-0.15, -0.1) is 0 Å². The topological polar surface area (TPSA) is 63.2 Å². The third-order valence-corrected chi connectivity index (χ3v) is 6.28. The second-order valence-corrected chi connectivity index (χ2v) is 9.04. The quantitative estimate of drug-likeness (QED) is 0.832. The lowest BCUT2D eigenvalue weighted by atomic mass is 9.97. The highest BCUT2D eigenvalue weighted by atomic mass is 32.2. The number of benzene rings is 1. The van der Waals surface area contributed by atoms with Crippen molar-refractivity contribution in [3.63, 3.8) is 0 Å². The largest absolute Gasteiger partial charge is 0.356 e. The average Bonchev–Trinajstić information content (AvgIpc) is 2.53. The van der Waals surface area contributed by atoms with E-state index in [0.29, 0.717) is 37.6 Å². The summed E-state index contributed by atoms with van der Waals surface area (Å²) in [5.74, 6) is 1.27. The summed E-state index contributed by atoms with van der Waals surface area (Å²) in [6, 6.07) is 10.3. The van der Waals surface area contributed by atoms with Gasteiger partial charge in [-0.05, 0) is 43.1 Å². The van der Waals surface area contributed by atoms with Gasteiger partial charge in [0.15, 0.2) is 0 Å². The highest BCUT2D eigenvalue weighted by Gasteiger charge is 2.23. The molecule has 1 aliphatic heterocycles. The first kappa shape index (κ1) is 18.0. The summed E-state index contributed by atoms with van der Waals surface area (Å²) < 4.78 is 22.8. The zero-order valence-corrected chi connectivity index (χ0v) is 14.6. The van der Waals surface area contributed by atoms with Crippen molar-refractivity contribution in [1.29, 1.82) is 0 Å². The van der Waals surface area contributed by atoms with E-state index < -0.39 is 9.84 Å². The summed E-state index contributed by atoms with van der Waals surface area (Å²) in [5.41, 5.74) is 1.31. The zero-order chi connectivity index (χ0) is 16.7. The van der Waals surface area contributed by atoms with Gasteiger partial charge in [-0.3, -0.25) is 4.79 Å². The van der Waals surface area contributed by atoms with E-state index in [1.807, 2.05) is 18.2 Å². The molecule has 0 bridgehead atoms. The van der Waals surface area contributed by atoms with Gasteiger partial charge < -0.3 is 5.32 Å². The minimum Gasteiger partial charge on any atom is -0.356 e. The van der Waals surface area contributed by atoms with Crippen molar-refractivity contribution in [2.75, 3.05) is 18.1 Å². The molecule has 23 heavy (non-hydrogen) atoms. The summed E-state index contributed by atoms with van der Waals surface area (Å²) in [4.78, 5) is 12.0. The monoisotopic (exact) mass is 337 g/mol. The lowest BCUT2D eigenvalue weighted by molar-refractivity contribution is -0.122. The van der Waals surface area contributed by atoms with Crippen LogP contribution in [0.4, 0.5) is 0 Å². The fourth-order valence-electron chi connectivity index (χ4n) is 2.95. The Hall–Kier alpha value is -1.36. The van der Waals surface area contributed by atoms with Crippen molar-refractivity contribution in [3.8, 4) is 0 Å². The van der Waals surface area contributed by atoms with Gasteiger partial charge in [0.1, 0.15) is 9.84 Å². The van der Waals surface area contributed by atoms with E-state index in [2.05, 4.69) is 24.4 Å². The molecule has 5 heteroatoms. The predicted octanol–water partition coefficient (Wildman–Crippen LogP) is 2.59. The number of carbonyl (C=O) groups excluding carboxylic acids is 1. The van der Waals surface area contributed by atoms with Crippen LogP contribution >= 0.6 is 0 Å². The molecule has 1 amide bonds. The number of hydrogen-bond donors (Lipinski definition) is 1. The Labute approximate surface area is 139 Å². The van der Waals surface area contributed by atoms with Crippen LogP contribution in [0.3, 0.4) is 0 Å². The Morgan fingerprint density at radius 1 is 1.22 bits per heavy atom. The Kier molecular flexibility index (Phi) is 6.63. The SMILES string of the molecule is CC(CCc1ccccc1)CC(=O)NCC1CCS(=O)(=O)CC1. The molecule has 2 rings (SSSR count). The molecule has 0 radical (unpaired) electrons. The molecule has 0 spiro atoms. The fraction of sp³-hybridized carbons (Fsp3) is 0.611. The molecule has 128 valence electrons. The maximum Gasteiger partial charge on any atom is 0.220 e. The van der Waals surface area contributed by atoms with Gasteiger partial charge in [0.05, 0.1) is 11.5 Å². The lowest BCUT2D eigenvalue weighted by Crippen LogP contribution is -2.34. The van der Waals surface area contributed by atoms with Crippen molar-refractivity contribution in [1.82, 2.24) is 5.32 Å². The summed E-state index contributed by atoms with van der Waals surface area (Å²) >= 11 is 0. The van der Waals surface area contributed by atoms with Gasteiger partial charge >= 0.3 is 0 Å². The van der Waals surface area contributed by atoms with Gasteiger partial charge in [-0.1, -0.05) is 37.3 Å². The van der Waals surface area contributed by atoms with Crippen LogP contribution in [0.15, 0.2) is 30.3 Å². The third kappa shape index (κ3) is 6.73. The average molecular weight is 337 g/mol. The molecule has 1 heterocycles. The Morgan fingerprint density at radius 3 is 2.52 bits per heavy atom. The summed E-state index contributed by atoms with van der Waals surface area (Å²) in [6.45, 7) is 2.72. The number of amides is 1. The van der Waals surface area contributed by atoms with E-state index >= 15 is 0 Å². The van der Waals surface area contributed by atoms with Crippen molar-refractivity contribution in [2.24, 2.45) is 11.8 Å². The van der Waals surface area contributed by atoms with Crippen LogP contribution in [0.2, 0.25) is 0 Å². The van der Waals surface area contributed by atoms with Gasteiger partial charge in [0.25, 0.3) is 0 Å². The van der Waals surface area contributed by atoms with Crippen LogP contribution in [0.5, 0.6) is 0 Å². The Balaban J connectivity index is 1.62. The number of hydrogen-bond acceptors (Lipinski definition) is 3. The highest BCUT2D eigenvalue weighted by molar-refractivity contribution is 7.91. The molecule has 1 fully saturated rings. The van der Waals surface area contributed by atoms with Crippen molar-refractivity contribution in [3.05, 3.63) is 35.9 Å². The zero-order valence-electron chi connectivity index (χ0n) is 13.8. The fourth-order valence-corrected chi connectivity index (χ4v) is 4.54. The second-order valence-electron chi connectivity index (χ2n) is 6.73. The molecular formula is C18H27NO3S. The van der Waals surface area contributed by atoms with Gasteiger partial charge in [-0.2, -0.15) is 0 Å². The second kappa shape index (κ2) is 8.48. The highest BCUT2D eigenvalue weighted by Crippen LogP contribution is 2.18. The van der Waals surface area contributed by atoms with Crippen LogP contribution in [0.1, 0.15) is 38.2 Å². The third-order valence-electron chi connectivity index (χ3n) is 4.56. The Morgan fingerprint density at radius 2 is 1.87 bits per heavy atom. The smallest absolute Gasteiger partial charge is 0.220 e. The van der Waals surface area contributed by atoms with E-state index in [9.17, 15) is 13.2 Å². The van der Waals surface area contributed by atoms with Crippen molar-refractivity contribution >= 4 is 15.7 Å². The van der Waals surface area contributed by atoms with Crippen LogP contribution < -0.4 is 5.32 Å². The molecule has 0 saturated carbocycles. The van der Waals surface area contributed by atoms with E-state index in [-0.39, 0.29) is 17.4 Å². The number of aryl methyl sites for hydroxylation is 1. The molecule has 1 unspecified atom stereocenters. The number of sulfone groups is 1. The molecule has 1 saturated heterocycles. The van der Waals surface area contributed by atoms with Gasteiger partial charge in [0.2, 0.25) is 5.91 Å². The van der Waals surface area contributed by atoms with E-state index in [1.54, 1.807) is 0 Å². The molecule has 1 N–H and O–H groups in total. The summed E-state index contributed by atoms with van der Waals surface area (Å²) in [6.07, 6.45) is 3.88. The van der Waals surface area contributed by atoms with Gasteiger partial charge in [-0.25, -0.2) is 8.42 Å².